The molecular weight excluding hydrogens is 526 g/mol. The predicted molar refractivity (Wildman–Crippen MR) is 151 cm³/mol. The molecule has 2 aliphatic heterocycles. The first-order valence-electron chi connectivity index (χ1n) is 13.8. The van der Waals surface area contributed by atoms with Crippen molar-refractivity contribution in [1.82, 2.24) is 20.0 Å². The Hall–Kier alpha value is -4.54. The molecule has 11 nitrogen and oxygen atoms in total. The van der Waals surface area contributed by atoms with Crippen molar-refractivity contribution in [2.45, 2.75) is 12.8 Å². The molecule has 0 unspecified atom stereocenters. The van der Waals surface area contributed by atoms with Gasteiger partial charge >= 0.3 is 0 Å². The normalized spacial score (nSPS) is 16.0. The van der Waals surface area contributed by atoms with E-state index in [1.165, 1.54) is 0 Å². The highest BCUT2D eigenvalue weighted by Crippen LogP contribution is 2.35. The van der Waals surface area contributed by atoms with Crippen molar-refractivity contribution in [1.29, 1.82) is 0 Å². The number of rotatable bonds is 9. The van der Waals surface area contributed by atoms with E-state index < -0.39 is 0 Å². The van der Waals surface area contributed by atoms with E-state index in [9.17, 15) is 9.59 Å². The summed E-state index contributed by atoms with van der Waals surface area (Å²) in [4.78, 5) is 32.3. The van der Waals surface area contributed by atoms with Crippen molar-refractivity contribution < 1.29 is 28.5 Å². The highest BCUT2D eigenvalue weighted by Gasteiger charge is 2.31. The fourth-order valence-electron chi connectivity index (χ4n) is 5.14. The molecule has 2 aromatic carbocycles. The van der Waals surface area contributed by atoms with Gasteiger partial charge in [-0.25, -0.2) is 0 Å². The third-order valence-corrected chi connectivity index (χ3v) is 7.70. The molecule has 1 saturated heterocycles. The largest absolute Gasteiger partial charge is 0.497 e. The Kier molecular flexibility index (Phi) is 7.49. The third-order valence-electron chi connectivity index (χ3n) is 7.70. The number of amides is 2. The van der Waals surface area contributed by atoms with E-state index >= 15 is 0 Å². The second kappa shape index (κ2) is 11.5. The van der Waals surface area contributed by atoms with Crippen LogP contribution in [0.15, 0.2) is 48.5 Å². The maximum atomic E-state index is 13.4. The average Bonchev–Trinajstić information content (AvgIpc) is 3.72. The van der Waals surface area contributed by atoms with Gasteiger partial charge in [0.1, 0.15) is 18.0 Å². The molecule has 11 heteroatoms. The van der Waals surface area contributed by atoms with Crippen molar-refractivity contribution in [3.63, 3.8) is 0 Å². The monoisotopic (exact) mass is 559 g/mol. The van der Waals surface area contributed by atoms with Gasteiger partial charge in [-0.05, 0) is 61.2 Å². The molecule has 41 heavy (non-hydrogen) atoms. The second-order valence-corrected chi connectivity index (χ2v) is 10.4. The van der Waals surface area contributed by atoms with Crippen LogP contribution in [0.3, 0.4) is 0 Å². The van der Waals surface area contributed by atoms with Crippen LogP contribution < -0.4 is 23.8 Å². The predicted octanol–water partition coefficient (Wildman–Crippen LogP) is 3.09. The molecule has 1 aromatic heterocycles. The number of carbonyl (C=O) groups excluding carboxylic acids is 2. The number of piperazine rings is 1. The molecule has 1 saturated carbocycles. The van der Waals surface area contributed by atoms with Gasteiger partial charge in [-0.15, -0.1) is 10.2 Å². The summed E-state index contributed by atoms with van der Waals surface area (Å²) in [5, 5.41) is 8.88. The van der Waals surface area contributed by atoms with E-state index in [4.69, 9.17) is 18.9 Å². The minimum atomic E-state index is -0.161. The second-order valence-electron chi connectivity index (χ2n) is 10.4. The topological polar surface area (TPSA) is 107 Å². The van der Waals surface area contributed by atoms with E-state index in [0.717, 1.165) is 24.2 Å². The highest BCUT2D eigenvalue weighted by molar-refractivity contribution is 5.97. The Balaban J connectivity index is 1.07. The number of hydrogen-bond donors (Lipinski definition) is 0. The Bertz CT molecular complexity index is 1420. The molecule has 0 spiro atoms. The molecule has 0 N–H and O–H groups in total. The van der Waals surface area contributed by atoms with Crippen LogP contribution in [-0.4, -0.2) is 92.1 Å². The number of nitrogens with zero attached hydrogens (tertiary/aromatic N) is 5. The lowest BCUT2D eigenvalue weighted by Crippen LogP contribution is -2.52. The van der Waals surface area contributed by atoms with Gasteiger partial charge in [0.2, 0.25) is 12.7 Å². The van der Waals surface area contributed by atoms with Crippen LogP contribution in [-0.2, 0) is 4.79 Å². The summed E-state index contributed by atoms with van der Waals surface area (Å²) in [6, 6.07) is 14.6. The van der Waals surface area contributed by atoms with Crippen LogP contribution in [0, 0.1) is 5.92 Å². The van der Waals surface area contributed by atoms with Crippen LogP contribution in [0.4, 0.5) is 5.82 Å². The lowest BCUT2D eigenvalue weighted by molar-refractivity contribution is -0.132. The lowest BCUT2D eigenvalue weighted by Gasteiger charge is -2.36. The molecule has 0 bridgehead atoms. The number of carbonyl (C=O) groups is 2. The number of anilines is 1. The van der Waals surface area contributed by atoms with Crippen molar-refractivity contribution in [2.24, 2.45) is 5.92 Å². The van der Waals surface area contributed by atoms with E-state index in [2.05, 4.69) is 15.1 Å². The van der Waals surface area contributed by atoms with Gasteiger partial charge < -0.3 is 33.6 Å². The molecular formula is C30H33N5O6. The fourth-order valence-corrected chi connectivity index (χ4v) is 5.14. The molecule has 2 amide bonds. The number of hydrogen-bond acceptors (Lipinski definition) is 9. The standard InChI is InChI=1S/C30H33N5O6/c1-38-22-6-7-23(26(16-22)39-2)24-8-10-28(32-31-24)33-11-13-34(14-12-33)29(36)18-35(17-20-3-4-20)30(37)21-5-9-25-27(15-21)41-19-40-25/h5-10,15-16,20H,3-4,11-14,17-19H2,1-2H3. The van der Waals surface area contributed by atoms with Gasteiger partial charge in [-0.3, -0.25) is 9.59 Å². The van der Waals surface area contributed by atoms with E-state index in [1.807, 2.05) is 35.2 Å². The van der Waals surface area contributed by atoms with Crippen LogP contribution in [0.25, 0.3) is 11.3 Å². The number of benzene rings is 2. The van der Waals surface area contributed by atoms with Gasteiger partial charge in [0.05, 0.1) is 19.9 Å². The van der Waals surface area contributed by atoms with Crippen molar-refractivity contribution in [2.75, 3.05) is 65.2 Å². The summed E-state index contributed by atoms with van der Waals surface area (Å²) in [6.07, 6.45) is 2.17. The molecule has 3 heterocycles. The van der Waals surface area contributed by atoms with Gasteiger partial charge in [0.15, 0.2) is 17.3 Å². The van der Waals surface area contributed by atoms with Crippen LogP contribution in [0.1, 0.15) is 23.2 Å². The molecule has 2 fully saturated rings. The van der Waals surface area contributed by atoms with E-state index in [0.29, 0.717) is 72.9 Å². The maximum Gasteiger partial charge on any atom is 0.254 e. The number of aromatic nitrogens is 2. The summed E-state index contributed by atoms with van der Waals surface area (Å²) in [6.45, 7) is 3.14. The zero-order chi connectivity index (χ0) is 28.3. The fraction of sp³-hybridized carbons (Fsp3) is 0.400. The summed E-state index contributed by atoms with van der Waals surface area (Å²) < 4.78 is 21.6. The summed E-state index contributed by atoms with van der Waals surface area (Å²) >= 11 is 0. The average molecular weight is 560 g/mol. The van der Waals surface area contributed by atoms with E-state index in [1.54, 1.807) is 37.3 Å². The number of fused-ring (bicyclic) bond motifs is 1. The van der Waals surface area contributed by atoms with Gasteiger partial charge in [-0.2, -0.15) is 0 Å². The highest BCUT2D eigenvalue weighted by atomic mass is 16.7. The minimum absolute atomic E-state index is 0.0487. The zero-order valence-corrected chi connectivity index (χ0v) is 23.2. The molecule has 3 aromatic rings. The summed E-state index contributed by atoms with van der Waals surface area (Å²) in [5.74, 6) is 3.55. The maximum absolute atomic E-state index is 13.4. The molecule has 6 rings (SSSR count). The molecule has 3 aliphatic rings. The third kappa shape index (κ3) is 5.84. The zero-order valence-electron chi connectivity index (χ0n) is 23.2. The molecule has 0 atom stereocenters. The Morgan fingerprint density at radius 1 is 0.927 bits per heavy atom. The lowest BCUT2D eigenvalue weighted by atomic mass is 10.1. The quantitative estimate of drug-likeness (QED) is 0.391. The Morgan fingerprint density at radius 3 is 2.44 bits per heavy atom. The number of methoxy groups -OCH3 is 2. The van der Waals surface area contributed by atoms with Crippen LogP contribution in [0.5, 0.6) is 23.0 Å². The van der Waals surface area contributed by atoms with Gasteiger partial charge in [0.25, 0.3) is 5.91 Å². The van der Waals surface area contributed by atoms with E-state index in [-0.39, 0.29) is 25.2 Å². The van der Waals surface area contributed by atoms with Gasteiger partial charge in [-0.1, -0.05) is 0 Å². The van der Waals surface area contributed by atoms with Crippen molar-refractivity contribution in [3.8, 4) is 34.3 Å². The van der Waals surface area contributed by atoms with Gasteiger partial charge in [0, 0.05) is 49.9 Å². The first kappa shape index (κ1) is 26.7. The van der Waals surface area contributed by atoms with Crippen LogP contribution >= 0.6 is 0 Å². The smallest absolute Gasteiger partial charge is 0.254 e. The first-order chi connectivity index (χ1) is 20.0. The Morgan fingerprint density at radius 2 is 1.73 bits per heavy atom. The number of ether oxygens (including phenoxy) is 4. The summed E-state index contributed by atoms with van der Waals surface area (Å²) in [7, 11) is 3.22. The first-order valence-corrected chi connectivity index (χ1v) is 13.8. The molecule has 1 aliphatic carbocycles. The molecule has 0 radical (unpaired) electrons. The SMILES string of the molecule is COc1ccc(-c2ccc(N3CCN(C(=O)CN(CC4CC4)C(=O)c4ccc5c(c4)OCO5)CC3)nn2)c(OC)c1. The van der Waals surface area contributed by atoms with Crippen LogP contribution in [0.2, 0.25) is 0 Å². The summed E-state index contributed by atoms with van der Waals surface area (Å²) in [5.41, 5.74) is 2.03. The minimum Gasteiger partial charge on any atom is -0.497 e. The Labute approximate surface area is 238 Å². The molecule has 214 valence electrons. The van der Waals surface area contributed by atoms with Crippen molar-refractivity contribution in [3.05, 3.63) is 54.1 Å². The van der Waals surface area contributed by atoms with Crippen molar-refractivity contribution >= 4 is 17.6 Å².